The Balaban J connectivity index is 2.62. The second kappa shape index (κ2) is 2.31. The van der Waals surface area contributed by atoms with Gasteiger partial charge in [-0.1, -0.05) is 12.7 Å². The molecule has 1 aromatic rings. The Bertz CT molecular complexity index is 153. The number of aromatic amines is 1. The number of hydrogen-bond acceptors (Lipinski definition) is 1. The van der Waals surface area contributed by atoms with Crippen molar-refractivity contribution in [3.05, 3.63) is 30.6 Å². The zero-order valence-corrected chi connectivity index (χ0v) is 4.46. The number of rotatable bonds is 2. The van der Waals surface area contributed by atoms with Crippen molar-refractivity contribution in [2.24, 2.45) is 0 Å². The average Bonchev–Trinajstić information content (AvgIpc) is 2.19. The van der Waals surface area contributed by atoms with Gasteiger partial charge in [0.15, 0.2) is 0 Å². The van der Waals surface area contributed by atoms with Crippen molar-refractivity contribution >= 4 is 0 Å². The molecule has 0 atom stereocenters. The standard InChI is InChI=1S/C6H7N2/c1-2-3-6-4-5-7-8-6/h1-2,4-5H,3H2,(H,7,8). The van der Waals surface area contributed by atoms with E-state index >= 15 is 0 Å². The monoisotopic (exact) mass is 107 g/mol. The lowest BCUT2D eigenvalue weighted by Gasteiger charge is -1.79. The Kier molecular flexibility index (Phi) is 1.47. The van der Waals surface area contributed by atoms with Crippen molar-refractivity contribution < 1.29 is 0 Å². The third kappa shape index (κ3) is 0.964. The fourth-order valence-corrected chi connectivity index (χ4v) is 0.525. The summed E-state index contributed by atoms with van der Waals surface area (Å²) in [5.41, 5.74) is 0.979. The molecule has 0 saturated heterocycles. The summed E-state index contributed by atoms with van der Waals surface area (Å²) in [4.78, 5) is 0. The third-order valence-corrected chi connectivity index (χ3v) is 0.885. The van der Waals surface area contributed by atoms with E-state index in [1.54, 1.807) is 12.3 Å². The quantitative estimate of drug-likeness (QED) is 0.598. The third-order valence-electron chi connectivity index (χ3n) is 0.885. The maximum atomic E-state index is 5.14. The molecule has 2 nitrogen and oxygen atoms in total. The minimum atomic E-state index is 0.740. The van der Waals surface area contributed by atoms with E-state index in [2.05, 4.69) is 10.2 Å². The molecule has 0 bridgehead atoms. The normalized spacial score (nSPS) is 9.00. The Morgan fingerprint density at radius 2 is 2.75 bits per heavy atom. The number of H-pyrrole nitrogens is 1. The molecule has 1 N–H and O–H groups in total. The van der Waals surface area contributed by atoms with Crippen LogP contribution in [0.3, 0.4) is 0 Å². The number of aromatic nitrogens is 2. The van der Waals surface area contributed by atoms with Crippen LogP contribution >= 0.6 is 0 Å². The summed E-state index contributed by atoms with van der Waals surface area (Å²) >= 11 is 0. The van der Waals surface area contributed by atoms with Crippen LogP contribution in [-0.2, 0) is 6.42 Å². The minimum absolute atomic E-state index is 0.740. The summed E-state index contributed by atoms with van der Waals surface area (Å²) in [7, 11) is 0. The van der Waals surface area contributed by atoms with Crippen LogP contribution in [0.25, 0.3) is 0 Å². The molecule has 0 saturated carbocycles. The SMILES string of the molecule is [CH]=CCc1cc[nH]n1. The van der Waals surface area contributed by atoms with Gasteiger partial charge in [0.1, 0.15) is 0 Å². The fourth-order valence-electron chi connectivity index (χ4n) is 0.525. The second-order valence-corrected chi connectivity index (χ2v) is 1.51. The van der Waals surface area contributed by atoms with Gasteiger partial charge in [-0.2, -0.15) is 5.10 Å². The molecule has 1 radical (unpaired) electrons. The summed E-state index contributed by atoms with van der Waals surface area (Å²) < 4.78 is 0. The Morgan fingerprint density at radius 3 is 3.25 bits per heavy atom. The Labute approximate surface area is 48.2 Å². The van der Waals surface area contributed by atoms with Gasteiger partial charge in [0.25, 0.3) is 0 Å². The largest absolute Gasteiger partial charge is 0.285 e. The van der Waals surface area contributed by atoms with Crippen molar-refractivity contribution in [1.29, 1.82) is 0 Å². The van der Waals surface area contributed by atoms with Gasteiger partial charge in [-0.05, 0) is 6.07 Å². The van der Waals surface area contributed by atoms with E-state index in [9.17, 15) is 0 Å². The lowest BCUT2D eigenvalue weighted by Crippen LogP contribution is -1.77. The molecule has 0 aromatic carbocycles. The van der Waals surface area contributed by atoms with Crippen LogP contribution in [0.5, 0.6) is 0 Å². The maximum absolute atomic E-state index is 5.14. The number of nitrogens with one attached hydrogen (secondary N) is 1. The summed E-state index contributed by atoms with van der Waals surface area (Å²) in [5, 5.41) is 6.56. The molecule has 0 aliphatic rings. The fraction of sp³-hybridized carbons (Fsp3) is 0.167. The van der Waals surface area contributed by atoms with Crippen LogP contribution in [0.15, 0.2) is 18.3 Å². The van der Waals surface area contributed by atoms with E-state index in [-0.39, 0.29) is 0 Å². The summed E-state index contributed by atoms with van der Waals surface area (Å²) in [6.45, 7) is 5.14. The molecule has 1 rings (SSSR count). The van der Waals surface area contributed by atoms with Crippen LogP contribution in [-0.4, -0.2) is 10.2 Å². The van der Waals surface area contributed by atoms with Crippen molar-refractivity contribution in [1.82, 2.24) is 10.2 Å². The number of allylic oxidation sites excluding steroid dienone is 1. The average molecular weight is 107 g/mol. The molecule has 0 aliphatic heterocycles. The molecular formula is C6H7N2. The van der Waals surface area contributed by atoms with Crippen molar-refractivity contribution in [2.45, 2.75) is 6.42 Å². The highest BCUT2D eigenvalue weighted by Crippen LogP contribution is 1.91. The van der Waals surface area contributed by atoms with E-state index in [1.165, 1.54) is 0 Å². The summed E-state index contributed by atoms with van der Waals surface area (Å²) in [5.74, 6) is 0. The van der Waals surface area contributed by atoms with Gasteiger partial charge >= 0.3 is 0 Å². The maximum Gasteiger partial charge on any atom is 0.0659 e. The van der Waals surface area contributed by atoms with E-state index in [0.717, 1.165) is 12.1 Å². The van der Waals surface area contributed by atoms with E-state index in [4.69, 9.17) is 6.58 Å². The molecule has 0 amide bonds. The first-order valence-corrected chi connectivity index (χ1v) is 2.45. The lowest BCUT2D eigenvalue weighted by atomic mass is 10.3. The van der Waals surface area contributed by atoms with E-state index in [1.807, 2.05) is 6.07 Å². The highest BCUT2D eigenvalue weighted by molar-refractivity contribution is 5.00. The lowest BCUT2D eigenvalue weighted by molar-refractivity contribution is 1.01. The van der Waals surface area contributed by atoms with Gasteiger partial charge in [0.05, 0.1) is 5.69 Å². The van der Waals surface area contributed by atoms with E-state index < -0.39 is 0 Å². The number of hydrogen-bond donors (Lipinski definition) is 1. The highest BCUT2D eigenvalue weighted by atomic mass is 15.1. The molecule has 0 aliphatic carbocycles. The van der Waals surface area contributed by atoms with Gasteiger partial charge in [-0.25, -0.2) is 0 Å². The molecule has 8 heavy (non-hydrogen) atoms. The second-order valence-electron chi connectivity index (χ2n) is 1.51. The molecule has 0 spiro atoms. The topological polar surface area (TPSA) is 28.7 Å². The Hall–Kier alpha value is -1.05. The Morgan fingerprint density at radius 1 is 1.88 bits per heavy atom. The van der Waals surface area contributed by atoms with Crippen LogP contribution in [0.2, 0.25) is 0 Å². The molecule has 1 aromatic heterocycles. The van der Waals surface area contributed by atoms with Crippen LogP contribution in [0.1, 0.15) is 5.69 Å². The summed E-state index contributed by atoms with van der Waals surface area (Å²) in [6.07, 6.45) is 4.10. The van der Waals surface area contributed by atoms with Crippen molar-refractivity contribution in [2.75, 3.05) is 0 Å². The van der Waals surface area contributed by atoms with Gasteiger partial charge in [0.2, 0.25) is 0 Å². The summed E-state index contributed by atoms with van der Waals surface area (Å²) in [6, 6.07) is 1.89. The molecule has 1 heterocycles. The molecule has 0 unspecified atom stereocenters. The van der Waals surface area contributed by atoms with Crippen molar-refractivity contribution in [3.8, 4) is 0 Å². The van der Waals surface area contributed by atoms with E-state index in [0.29, 0.717) is 0 Å². The molecule has 41 valence electrons. The van der Waals surface area contributed by atoms with Crippen LogP contribution in [0, 0.1) is 6.58 Å². The number of nitrogens with zero attached hydrogens (tertiary/aromatic N) is 1. The predicted octanol–water partition coefficient (Wildman–Crippen LogP) is 0.941. The first-order valence-electron chi connectivity index (χ1n) is 2.45. The zero-order chi connectivity index (χ0) is 5.82. The molecule has 0 fully saturated rings. The first-order chi connectivity index (χ1) is 3.93. The van der Waals surface area contributed by atoms with Gasteiger partial charge in [0, 0.05) is 12.6 Å². The first kappa shape index (κ1) is 5.09. The van der Waals surface area contributed by atoms with Crippen LogP contribution in [0.4, 0.5) is 0 Å². The molecular weight excluding hydrogens is 100 g/mol. The van der Waals surface area contributed by atoms with Crippen molar-refractivity contribution in [3.63, 3.8) is 0 Å². The van der Waals surface area contributed by atoms with Gasteiger partial charge in [-0.15, -0.1) is 0 Å². The minimum Gasteiger partial charge on any atom is -0.285 e. The smallest absolute Gasteiger partial charge is 0.0659 e. The van der Waals surface area contributed by atoms with Crippen LogP contribution < -0.4 is 0 Å². The molecule has 2 heteroatoms. The highest BCUT2D eigenvalue weighted by Gasteiger charge is 1.85. The van der Waals surface area contributed by atoms with Gasteiger partial charge in [-0.3, -0.25) is 5.10 Å². The van der Waals surface area contributed by atoms with Gasteiger partial charge < -0.3 is 0 Å². The predicted molar refractivity (Wildman–Crippen MR) is 31.2 cm³/mol. The zero-order valence-electron chi connectivity index (χ0n) is 4.46.